The number of hydrogen-bond acceptors (Lipinski definition) is 2. The van der Waals surface area contributed by atoms with Crippen molar-refractivity contribution < 1.29 is 9.90 Å². The molecular weight excluding hydrogens is 346 g/mol. The van der Waals surface area contributed by atoms with Crippen molar-refractivity contribution in [3.05, 3.63) is 0 Å². The average molecular weight is 398 g/mol. The van der Waals surface area contributed by atoms with Crippen LogP contribution in [-0.4, -0.2) is 22.7 Å². The van der Waals surface area contributed by atoms with Crippen molar-refractivity contribution in [1.82, 2.24) is 5.32 Å². The lowest BCUT2D eigenvalue weighted by atomic mass is 9.94. The smallest absolute Gasteiger partial charge is 0.220 e. The molecule has 28 heavy (non-hydrogen) atoms. The van der Waals surface area contributed by atoms with Gasteiger partial charge < -0.3 is 10.4 Å². The van der Waals surface area contributed by atoms with Crippen LogP contribution in [0.15, 0.2) is 0 Å². The van der Waals surface area contributed by atoms with E-state index in [1.54, 1.807) is 13.8 Å². The van der Waals surface area contributed by atoms with E-state index in [0.717, 1.165) is 25.7 Å². The molecule has 0 rings (SSSR count). The van der Waals surface area contributed by atoms with Gasteiger partial charge in [-0.3, -0.25) is 4.79 Å². The Kier molecular flexibility index (Phi) is 18.1. The number of aliphatic hydroxyl groups is 1. The minimum absolute atomic E-state index is 0.0928. The van der Waals surface area contributed by atoms with Crippen molar-refractivity contribution in [3.63, 3.8) is 0 Å². The van der Waals surface area contributed by atoms with Gasteiger partial charge in [0, 0.05) is 6.42 Å². The Balaban J connectivity index is 3.42. The molecule has 0 aromatic rings. The zero-order valence-corrected chi connectivity index (χ0v) is 19.7. The van der Waals surface area contributed by atoms with Crippen molar-refractivity contribution in [1.29, 1.82) is 0 Å². The van der Waals surface area contributed by atoms with Crippen molar-refractivity contribution in [2.24, 2.45) is 0 Å². The highest BCUT2D eigenvalue weighted by Crippen LogP contribution is 2.15. The fourth-order valence-electron chi connectivity index (χ4n) is 3.81. The number of hydrogen-bond donors (Lipinski definition) is 2. The van der Waals surface area contributed by atoms with Gasteiger partial charge in [-0.15, -0.1) is 0 Å². The van der Waals surface area contributed by atoms with Gasteiger partial charge in [0.25, 0.3) is 0 Å². The summed E-state index contributed by atoms with van der Waals surface area (Å²) in [6, 6.07) is -0.138. The Morgan fingerprint density at radius 3 is 1.46 bits per heavy atom. The molecule has 0 aliphatic heterocycles. The second-order valence-corrected chi connectivity index (χ2v) is 9.26. The van der Waals surface area contributed by atoms with Crippen molar-refractivity contribution in [3.8, 4) is 0 Å². The van der Waals surface area contributed by atoms with Gasteiger partial charge in [-0.05, 0) is 26.7 Å². The van der Waals surface area contributed by atoms with Crippen LogP contribution in [0.25, 0.3) is 0 Å². The lowest BCUT2D eigenvalue weighted by molar-refractivity contribution is -0.124. The number of carbonyl (C=O) groups is 1. The van der Waals surface area contributed by atoms with E-state index in [9.17, 15) is 9.90 Å². The topological polar surface area (TPSA) is 49.3 Å². The van der Waals surface area contributed by atoms with E-state index in [-0.39, 0.29) is 11.9 Å². The van der Waals surface area contributed by atoms with E-state index in [4.69, 9.17) is 0 Å². The fourth-order valence-corrected chi connectivity index (χ4v) is 3.81. The monoisotopic (exact) mass is 397 g/mol. The first-order valence-electron chi connectivity index (χ1n) is 12.4. The largest absolute Gasteiger partial charge is 0.388 e. The van der Waals surface area contributed by atoms with E-state index in [1.807, 2.05) is 0 Å². The van der Waals surface area contributed by atoms with Gasteiger partial charge in [-0.1, -0.05) is 110 Å². The molecule has 3 heteroatoms. The maximum atomic E-state index is 12.1. The van der Waals surface area contributed by atoms with Crippen LogP contribution in [0.2, 0.25) is 0 Å². The summed E-state index contributed by atoms with van der Waals surface area (Å²) in [5.74, 6) is 0.0928. The first kappa shape index (κ1) is 27.4. The molecule has 0 fully saturated rings. The lowest BCUT2D eigenvalue weighted by Crippen LogP contribution is -2.49. The number of carbonyl (C=O) groups excluding carboxylic acids is 1. The first-order valence-corrected chi connectivity index (χ1v) is 12.4. The number of amides is 1. The Hall–Kier alpha value is -0.570. The molecule has 0 saturated heterocycles. The van der Waals surface area contributed by atoms with Gasteiger partial charge >= 0.3 is 0 Å². The minimum atomic E-state index is -0.847. The number of unbranched alkanes of at least 4 members (excludes halogenated alkanes) is 14. The van der Waals surface area contributed by atoms with Crippen LogP contribution in [0.4, 0.5) is 0 Å². The second kappa shape index (κ2) is 18.5. The Morgan fingerprint density at radius 1 is 0.714 bits per heavy atom. The quantitative estimate of drug-likeness (QED) is 0.212. The zero-order chi connectivity index (χ0) is 21.1. The normalized spacial score (nSPS) is 12.9. The van der Waals surface area contributed by atoms with Crippen molar-refractivity contribution >= 4 is 5.91 Å². The molecule has 1 atom stereocenters. The Morgan fingerprint density at radius 2 is 1.11 bits per heavy atom. The summed E-state index contributed by atoms with van der Waals surface area (Å²) >= 11 is 0. The van der Waals surface area contributed by atoms with Crippen LogP contribution in [0, 0.1) is 0 Å². The fraction of sp³-hybridized carbons (Fsp3) is 0.960. The van der Waals surface area contributed by atoms with Crippen LogP contribution in [-0.2, 0) is 4.79 Å². The van der Waals surface area contributed by atoms with Crippen LogP contribution >= 0.6 is 0 Å². The molecule has 2 N–H and O–H groups in total. The molecule has 0 spiro atoms. The van der Waals surface area contributed by atoms with E-state index in [0.29, 0.717) is 6.42 Å². The highest BCUT2D eigenvalue weighted by Gasteiger charge is 2.27. The van der Waals surface area contributed by atoms with Gasteiger partial charge in [0.1, 0.15) is 0 Å². The predicted octanol–water partition coefficient (Wildman–Crippen LogP) is 7.30. The standard InChI is InChI=1S/C25H51NO2/c1-5-7-8-9-10-11-12-13-14-15-16-17-18-19-20-22-24(27)26-23(21-6-2)25(3,4)28/h23,28H,5-22H2,1-4H3,(H,26,27). The summed E-state index contributed by atoms with van der Waals surface area (Å²) in [5, 5.41) is 13.2. The van der Waals surface area contributed by atoms with Crippen LogP contribution < -0.4 is 5.32 Å². The SMILES string of the molecule is CCCCCCCCCCCCCCCCCC(=O)NC(CCC)C(C)(C)O. The maximum Gasteiger partial charge on any atom is 0.220 e. The third-order valence-electron chi connectivity index (χ3n) is 5.77. The summed E-state index contributed by atoms with van der Waals surface area (Å²) in [7, 11) is 0. The van der Waals surface area contributed by atoms with Crippen molar-refractivity contribution in [2.75, 3.05) is 0 Å². The molecule has 1 amide bonds. The molecule has 3 nitrogen and oxygen atoms in total. The average Bonchev–Trinajstić information content (AvgIpc) is 2.63. The summed E-state index contributed by atoms with van der Waals surface area (Å²) < 4.78 is 0. The molecule has 1 unspecified atom stereocenters. The molecule has 168 valence electrons. The third-order valence-corrected chi connectivity index (χ3v) is 5.77. The highest BCUT2D eigenvalue weighted by molar-refractivity contribution is 5.76. The van der Waals surface area contributed by atoms with E-state index < -0.39 is 5.60 Å². The Labute approximate surface area is 176 Å². The maximum absolute atomic E-state index is 12.1. The van der Waals surface area contributed by atoms with Gasteiger partial charge in [0.2, 0.25) is 5.91 Å². The lowest BCUT2D eigenvalue weighted by Gasteiger charge is -2.30. The second-order valence-electron chi connectivity index (χ2n) is 9.26. The first-order chi connectivity index (χ1) is 13.4. The van der Waals surface area contributed by atoms with Crippen LogP contribution in [0.1, 0.15) is 143 Å². The van der Waals surface area contributed by atoms with Crippen LogP contribution in [0.5, 0.6) is 0 Å². The Bertz CT molecular complexity index is 349. The van der Waals surface area contributed by atoms with E-state index in [1.165, 1.54) is 83.5 Å². The molecule has 0 saturated carbocycles. The molecule has 0 aromatic heterocycles. The van der Waals surface area contributed by atoms with E-state index >= 15 is 0 Å². The molecule has 0 heterocycles. The number of rotatable bonds is 20. The minimum Gasteiger partial charge on any atom is -0.388 e. The molecule has 0 aliphatic rings. The predicted molar refractivity (Wildman–Crippen MR) is 123 cm³/mol. The summed E-state index contributed by atoms with van der Waals surface area (Å²) in [5.41, 5.74) is -0.847. The third kappa shape index (κ3) is 17.5. The zero-order valence-electron chi connectivity index (χ0n) is 19.7. The summed E-state index contributed by atoms with van der Waals surface area (Å²) in [6.07, 6.45) is 22.5. The van der Waals surface area contributed by atoms with Gasteiger partial charge in [0.15, 0.2) is 0 Å². The highest BCUT2D eigenvalue weighted by atomic mass is 16.3. The number of nitrogens with one attached hydrogen (secondary N) is 1. The summed E-state index contributed by atoms with van der Waals surface area (Å²) in [6.45, 7) is 7.92. The molecule has 0 aliphatic carbocycles. The van der Waals surface area contributed by atoms with Gasteiger partial charge in [0.05, 0.1) is 11.6 Å². The van der Waals surface area contributed by atoms with Gasteiger partial charge in [-0.25, -0.2) is 0 Å². The molecule has 0 bridgehead atoms. The molecular formula is C25H51NO2. The van der Waals surface area contributed by atoms with E-state index in [2.05, 4.69) is 19.2 Å². The summed E-state index contributed by atoms with van der Waals surface area (Å²) in [4.78, 5) is 12.1. The molecule has 0 radical (unpaired) electrons. The van der Waals surface area contributed by atoms with Crippen LogP contribution in [0.3, 0.4) is 0 Å². The molecule has 0 aromatic carbocycles. The van der Waals surface area contributed by atoms with Crippen molar-refractivity contribution in [2.45, 2.75) is 155 Å². The van der Waals surface area contributed by atoms with Gasteiger partial charge in [-0.2, -0.15) is 0 Å².